The first-order valence-corrected chi connectivity index (χ1v) is 6.71. The van der Waals surface area contributed by atoms with E-state index in [1.54, 1.807) is 0 Å². The predicted octanol–water partition coefficient (Wildman–Crippen LogP) is 0.618. The third-order valence-corrected chi connectivity index (χ3v) is 4.08. The summed E-state index contributed by atoms with van der Waals surface area (Å²) in [7, 11) is 1.91. The molecule has 0 aliphatic carbocycles. The van der Waals surface area contributed by atoms with Gasteiger partial charge in [0.15, 0.2) is 11.5 Å². The zero-order chi connectivity index (χ0) is 13.3. The minimum Gasteiger partial charge on any atom is -0.486 e. The zero-order valence-electron chi connectivity index (χ0n) is 11.2. The lowest BCUT2D eigenvalue weighted by atomic mass is 10.0. The first kappa shape index (κ1) is 12.6. The number of aliphatic hydroxyl groups excluding tert-OH is 1. The Balaban J connectivity index is 1.80. The molecule has 2 aliphatic heterocycles. The van der Waals surface area contributed by atoms with Crippen molar-refractivity contribution in [1.82, 2.24) is 5.32 Å². The van der Waals surface area contributed by atoms with Crippen molar-refractivity contribution in [3.8, 4) is 11.5 Å². The molecular weight excluding hydrogens is 244 g/mol. The summed E-state index contributed by atoms with van der Waals surface area (Å²) >= 11 is 0. The maximum atomic E-state index is 9.54. The van der Waals surface area contributed by atoms with Crippen LogP contribution in [-0.2, 0) is 0 Å². The second-order valence-electron chi connectivity index (χ2n) is 5.19. The van der Waals surface area contributed by atoms with Crippen LogP contribution in [0.1, 0.15) is 6.42 Å². The van der Waals surface area contributed by atoms with Gasteiger partial charge in [-0.05, 0) is 25.6 Å². The number of nitrogens with one attached hydrogen (secondary N) is 1. The van der Waals surface area contributed by atoms with Crippen LogP contribution in [0.2, 0.25) is 0 Å². The highest BCUT2D eigenvalue weighted by Gasteiger charge is 2.36. The summed E-state index contributed by atoms with van der Waals surface area (Å²) in [6.45, 7) is 3.11. The molecule has 104 valence electrons. The van der Waals surface area contributed by atoms with Crippen LogP contribution in [0.5, 0.6) is 11.5 Å². The minimum absolute atomic E-state index is 0.157. The van der Waals surface area contributed by atoms with Crippen LogP contribution in [0, 0.1) is 0 Å². The minimum atomic E-state index is -0.187. The molecule has 0 bridgehead atoms. The van der Waals surface area contributed by atoms with Crippen molar-refractivity contribution in [3.63, 3.8) is 0 Å². The summed E-state index contributed by atoms with van der Waals surface area (Å²) in [5, 5.41) is 12.8. The molecule has 2 heterocycles. The molecule has 0 amide bonds. The zero-order valence-corrected chi connectivity index (χ0v) is 11.2. The lowest BCUT2D eigenvalue weighted by molar-refractivity contribution is 0.171. The summed E-state index contributed by atoms with van der Waals surface area (Å²) in [5.74, 6) is 1.63. The molecule has 1 aromatic carbocycles. The van der Waals surface area contributed by atoms with Crippen molar-refractivity contribution < 1.29 is 14.6 Å². The van der Waals surface area contributed by atoms with E-state index >= 15 is 0 Å². The van der Waals surface area contributed by atoms with Crippen molar-refractivity contribution in [2.45, 2.75) is 12.0 Å². The third-order valence-electron chi connectivity index (χ3n) is 4.08. The molecular formula is C14H20N2O3. The third kappa shape index (κ3) is 2.24. The average molecular weight is 264 g/mol. The Hall–Kier alpha value is -1.46. The normalized spacial score (nSPS) is 25.7. The number of hydrogen-bond donors (Lipinski definition) is 2. The van der Waals surface area contributed by atoms with Crippen LogP contribution in [0.3, 0.4) is 0 Å². The number of aliphatic hydroxyl groups is 1. The second kappa shape index (κ2) is 4.90. The van der Waals surface area contributed by atoms with E-state index in [2.05, 4.69) is 16.3 Å². The van der Waals surface area contributed by atoms with Crippen molar-refractivity contribution >= 4 is 5.69 Å². The van der Waals surface area contributed by atoms with Gasteiger partial charge in [-0.2, -0.15) is 0 Å². The van der Waals surface area contributed by atoms with Gasteiger partial charge in [-0.1, -0.05) is 0 Å². The van der Waals surface area contributed by atoms with Crippen LogP contribution in [0.15, 0.2) is 18.2 Å². The van der Waals surface area contributed by atoms with E-state index in [-0.39, 0.29) is 12.1 Å². The maximum absolute atomic E-state index is 9.54. The van der Waals surface area contributed by atoms with Crippen molar-refractivity contribution in [2.75, 3.05) is 44.9 Å². The number of likely N-dealkylation sites (N-methyl/N-ethyl adjacent to an activating group) is 1. The Morgan fingerprint density at radius 3 is 2.79 bits per heavy atom. The van der Waals surface area contributed by atoms with Crippen LogP contribution in [-0.4, -0.2) is 50.6 Å². The first-order chi connectivity index (χ1) is 9.26. The van der Waals surface area contributed by atoms with Crippen molar-refractivity contribution in [1.29, 1.82) is 0 Å². The molecule has 1 fully saturated rings. The average Bonchev–Trinajstić information content (AvgIpc) is 2.92. The lowest BCUT2D eigenvalue weighted by Gasteiger charge is -2.28. The summed E-state index contributed by atoms with van der Waals surface area (Å²) in [6, 6.07) is 6.04. The Labute approximate surface area is 113 Å². The number of fused-ring (bicyclic) bond motifs is 1. The van der Waals surface area contributed by atoms with E-state index in [1.807, 2.05) is 19.2 Å². The molecule has 5 nitrogen and oxygen atoms in total. The quantitative estimate of drug-likeness (QED) is 0.838. The van der Waals surface area contributed by atoms with E-state index < -0.39 is 0 Å². The van der Waals surface area contributed by atoms with Gasteiger partial charge >= 0.3 is 0 Å². The van der Waals surface area contributed by atoms with E-state index in [0.29, 0.717) is 13.2 Å². The fourth-order valence-corrected chi connectivity index (χ4v) is 2.73. The molecule has 5 heteroatoms. The summed E-state index contributed by atoms with van der Waals surface area (Å²) < 4.78 is 11.1. The number of anilines is 1. The van der Waals surface area contributed by atoms with Crippen LogP contribution >= 0.6 is 0 Å². The first-order valence-electron chi connectivity index (χ1n) is 6.71. The predicted molar refractivity (Wildman–Crippen MR) is 73.1 cm³/mol. The van der Waals surface area contributed by atoms with Crippen LogP contribution in [0.25, 0.3) is 0 Å². The SMILES string of the molecule is CNC1(CO)CCN(c2ccc3c(c2)OCCO3)C1. The van der Waals surface area contributed by atoms with Crippen molar-refractivity contribution in [3.05, 3.63) is 18.2 Å². The summed E-state index contributed by atoms with van der Waals surface area (Å²) in [5.41, 5.74) is 0.933. The molecule has 1 saturated heterocycles. The largest absolute Gasteiger partial charge is 0.486 e. The van der Waals surface area contributed by atoms with Gasteiger partial charge in [0.1, 0.15) is 13.2 Å². The Morgan fingerprint density at radius 2 is 2.11 bits per heavy atom. The molecule has 1 unspecified atom stereocenters. The van der Waals surface area contributed by atoms with E-state index in [0.717, 1.165) is 36.7 Å². The van der Waals surface area contributed by atoms with E-state index in [9.17, 15) is 5.11 Å². The van der Waals surface area contributed by atoms with Crippen LogP contribution in [0.4, 0.5) is 5.69 Å². The van der Waals surface area contributed by atoms with E-state index in [4.69, 9.17) is 9.47 Å². The fourth-order valence-electron chi connectivity index (χ4n) is 2.73. The molecule has 3 rings (SSSR count). The highest BCUT2D eigenvalue weighted by molar-refractivity contribution is 5.57. The molecule has 1 atom stereocenters. The molecule has 0 aromatic heterocycles. The number of benzene rings is 1. The maximum Gasteiger partial charge on any atom is 0.163 e. The molecule has 2 N–H and O–H groups in total. The Morgan fingerprint density at radius 1 is 1.32 bits per heavy atom. The fraction of sp³-hybridized carbons (Fsp3) is 0.571. The molecule has 0 radical (unpaired) electrons. The lowest BCUT2D eigenvalue weighted by Crippen LogP contribution is -2.48. The van der Waals surface area contributed by atoms with Crippen LogP contribution < -0.4 is 19.7 Å². The standard InChI is InChI=1S/C14H20N2O3/c1-15-14(10-17)4-5-16(9-14)11-2-3-12-13(8-11)19-7-6-18-12/h2-3,8,15,17H,4-7,9-10H2,1H3. The highest BCUT2D eigenvalue weighted by atomic mass is 16.6. The van der Waals surface area contributed by atoms with Gasteiger partial charge in [0.25, 0.3) is 0 Å². The topological polar surface area (TPSA) is 54.0 Å². The van der Waals surface area contributed by atoms with Gasteiger partial charge in [-0.3, -0.25) is 0 Å². The van der Waals surface area contributed by atoms with Gasteiger partial charge in [-0.25, -0.2) is 0 Å². The smallest absolute Gasteiger partial charge is 0.163 e. The van der Waals surface area contributed by atoms with Gasteiger partial charge in [-0.15, -0.1) is 0 Å². The molecule has 19 heavy (non-hydrogen) atoms. The molecule has 0 spiro atoms. The monoisotopic (exact) mass is 264 g/mol. The van der Waals surface area contributed by atoms with E-state index in [1.165, 1.54) is 0 Å². The molecule has 0 saturated carbocycles. The molecule has 2 aliphatic rings. The number of ether oxygens (including phenoxy) is 2. The van der Waals surface area contributed by atoms with Crippen molar-refractivity contribution in [2.24, 2.45) is 0 Å². The number of nitrogens with zero attached hydrogens (tertiary/aromatic N) is 1. The van der Waals surface area contributed by atoms with Gasteiger partial charge in [0.2, 0.25) is 0 Å². The number of hydrogen-bond acceptors (Lipinski definition) is 5. The second-order valence-corrected chi connectivity index (χ2v) is 5.19. The summed E-state index contributed by atoms with van der Waals surface area (Å²) in [4.78, 5) is 2.27. The highest BCUT2D eigenvalue weighted by Crippen LogP contribution is 2.36. The Kier molecular flexibility index (Phi) is 3.24. The summed E-state index contributed by atoms with van der Waals surface area (Å²) in [6.07, 6.45) is 0.939. The van der Waals surface area contributed by atoms with Gasteiger partial charge in [0, 0.05) is 24.8 Å². The van der Waals surface area contributed by atoms with Gasteiger partial charge < -0.3 is 24.8 Å². The Bertz CT molecular complexity index is 460. The van der Waals surface area contributed by atoms with Gasteiger partial charge in [0.05, 0.1) is 12.1 Å². The molecule has 1 aromatic rings. The number of rotatable bonds is 3.